The first-order valence-corrected chi connectivity index (χ1v) is 10.8. The molecule has 1 heterocycles. The number of ether oxygens (including phenoxy) is 2. The Kier molecular flexibility index (Phi) is 7.20. The number of nitrogens with one attached hydrogen (secondary N) is 1. The molecule has 34 heavy (non-hydrogen) atoms. The lowest BCUT2D eigenvalue weighted by Gasteiger charge is -2.38. The predicted octanol–water partition coefficient (Wildman–Crippen LogP) is 3.55. The smallest absolute Gasteiger partial charge is 0.259 e. The average Bonchev–Trinajstić information content (AvgIpc) is 2.86. The Hall–Kier alpha value is -3.75. The Morgan fingerprint density at radius 1 is 1.15 bits per heavy atom. The van der Waals surface area contributed by atoms with Gasteiger partial charge in [0.1, 0.15) is 24.3 Å². The first kappa shape index (κ1) is 23.4. The first-order valence-electron chi connectivity index (χ1n) is 10.8. The van der Waals surface area contributed by atoms with Crippen molar-refractivity contribution in [1.82, 2.24) is 4.90 Å². The number of aliphatic hydroxyl groups is 1. The van der Waals surface area contributed by atoms with E-state index < -0.39 is 12.1 Å². The molecule has 2 amide bonds. The molecule has 4 rings (SSSR count). The summed E-state index contributed by atoms with van der Waals surface area (Å²) in [5.74, 6) is -0.454. The molecule has 176 valence electrons. The molecule has 2 N–H and O–H groups in total. The van der Waals surface area contributed by atoms with Gasteiger partial charge in [0, 0.05) is 12.2 Å². The molecule has 2 atom stereocenters. The number of amides is 2. The van der Waals surface area contributed by atoms with Crippen molar-refractivity contribution < 1.29 is 28.6 Å². The summed E-state index contributed by atoms with van der Waals surface area (Å²) in [5, 5.41) is 13.8. The van der Waals surface area contributed by atoms with E-state index in [1.165, 1.54) is 19.2 Å². The van der Waals surface area contributed by atoms with Crippen molar-refractivity contribution in [2.45, 2.75) is 18.7 Å². The van der Waals surface area contributed by atoms with Gasteiger partial charge in [-0.1, -0.05) is 36.4 Å². The number of aliphatic hydroxyl groups excluding tert-OH is 1. The SMILES string of the molecule is COc1ccccc1C(=O)Nc1ccc(C(O)C2COCC(=O)N2Cc2ccc(F)cc2)cc1. The molecule has 0 radical (unpaired) electrons. The van der Waals surface area contributed by atoms with Crippen LogP contribution >= 0.6 is 0 Å². The van der Waals surface area contributed by atoms with Crippen molar-refractivity contribution in [1.29, 1.82) is 0 Å². The summed E-state index contributed by atoms with van der Waals surface area (Å²) in [6.07, 6.45) is -1.01. The van der Waals surface area contributed by atoms with Crippen LogP contribution in [-0.2, 0) is 16.1 Å². The second-order valence-corrected chi connectivity index (χ2v) is 7.95. The summed E-state index contributed by atoms with van der Waals surface area (Å²) in [6, 6.07) is 18.9. The molecule has 7 nitrogen and oxygen atoms in total. The van der Waals surface area contributed by atoms with Crippen molar-refractivity contribution >= 4 is 17.5 Å². The lowest BCUT2D eigenvalue weighted by molar-refractivity contribution is -0.155. The van der Waals surface area contributed by atoms with E-state index in [4.69, 9.17) is 9.47 Å². The summed E-state index contributed by atoms with van der Waals surface area (Å²) >= 11 is 0. The van der Waals surface area contributed by atoms with Gasteiger partial charge in [0.05, 0.1) is 25.3 Å². The summed E-state index contributed by atoms with van der Waals surface area (Å²) in [4.78, 5) is 26.7. The average molecular weight is 464 g/mol. The first-order chi connectivity index (χ1) is 16.5. The Balaban J connectivity index is 1.47. The number of hydrogen-bond acceptors (Lipinski definition) is 5. The molecule has 8 heteroatoms. The molecular weight excluding hydrogens is 439 g/mol. The number of carbonyl (C=O) groups is 2. The van der Waals surface area contributed by atoms with Crippen LogP contribution in [0.2, 0.25) is 0 Å². The molecule has 0 aromatic heterocycles. The van der Waals surface area contributed by atoms with Crippen LogP contribution in [0.5, 0.6) is 5.75 Å². The summed E-state index contributed by atoms with van der Waals surface area (Å²) in [5.41, 5.74) is 2.28. The number of halogens is 1. The van der Waals surface area contributed by atoms with Gasteiger partial charge >= 0.3 is 0 Å². The van der Waals surface area contributed by atoms with E-state index in [0.717, 1.165) is 5.56 Å². The highest BCUT2D eigenvalue weighted by atomic mass is 19.1. The van der Waals surface area contributed by atoms with Crippen molar-refractivity contribution in [2.24, 2.45) is 0 Å². The van der Waals surface area contributed by atoms with Crippen LogP contribution in [0, 0.1) is 5.82 Å². The Labute approximate surface area is 196 Å². The number of methoxy groups -OCH3 is 1. The minimum absolute atomic E-state index is 0.0711. The van der Waals surface area contributed by atoms with Crippen molar-refractivity contribution in [3.63, 3.8) is 0 Å². The largest absolute Gasteiger partial charge is 0.496 e. The zero-order chi connectivity index (χ0) is 24.1. The molecule has 2 unspecified atom stereocenters. The predicted molar refractivity (Wildman–Crippen MR) is 124 cm³/mol. The van der Waals surface area contributed by atoms with E-state index in [2.05, 4.69) is 5.32 Å². The number of para-hydroxylation sites is 1. The maximum atomic E-state index is 13.2. The number of rotatable bonds is 7. The fourth-order valence-corrected chi connectivity index (χ4v) is 3.89. The maximum Gasteiger partial charge on any atom is 0.259 e. The molecule has 3 aromatic rings. The molecule has 1 aliphatic heterocycles. The van der Waals surface area contributed by atoms with Crippen LogP contribution < -0.4 is 10.1 Å². The quantitative estimate of drug-likeness (QED) is 0.559. The van der Waals surface area contributed by atoms with Gasteiger partial charge in [0.25, 0.3) is 5.91 Å². The molecule has 1 saturated heterocycles. The normalized spacial score (nSPS) is 16.7. The number of morpholine rings is 1. The molecule has 1 aliphatic rings. The minimum Gasteiger partial charge on any atom is -0.496 e. The van der Waals surface area contributed by atoms with Crippen molar-refractivity contribution in [2.75, 3.05) is 25.6 Å². The fraction of sp³-hybridized carbons (Fsp3) is 0.231. The van der Waals surface area contributed by atoms with E-state index in [1.807, 2.05) is 0 Å². The van der Waals surface area contributed by atoms with Gasteiger partial charge in [0.15, 0.2) is 0 Å². The van der Waals surface area contributed by atoms with E-state index in [9.17, 15) is 19.1 Å². The van der Waals surface area contributed by atoms with Crippen LogP contribution in [0.1, 0.15) is 27.6 Å². The van der Waals surface area contributed by atoms with Crippen LogP contribution in [-0.4, -0.2) is 48.2 Å². The summed E-state index contributed by atoms with van der Waals surface area (Å²) in [7, 11) is 1.50. The van der Waals surface area contributed by atoms with Crippen molar-refractivity contribution in [3.8, 4) is 5.75 Å². The lowest BCUT2D eigenvalue weighted by Crippen LogP contribution is -2.51. The minimum atomic E-state index is -1.01. The Bertz CT molecular complexity index is 1150. The van der Waals surface area contributed by atoms with Gasteiger partial charge in [-0.15, -0.1) is 0 Å². The lowest BCUT2D eigenvalue weighted by atomic mass is 9.99. The van der Waals surface area contributed by atoms with Crippen LogP contribution in [0.3, 0.4) is 0 Å². The van der Waals surface area contributed by atoms with Crippen LogP contribution in [0.15, 0.2) is 72.8 Å². The number of benzene rings is 3. The third kappa shape index (κ3) is 5.24. The van der Waals surface area contributed by atoms with Gasteiger partial charge in [-0.3, -0.25) is 9.59 Å². The Morgan fingerprint density at radius 3 is 2.56 bits per heavy atom. The third-order valence-corrected chi connectivity index (χ3v) is 5.73. The highest BCUT2D eigenvalue weighted by molar-refractivity contribution is 6.06. The topological polar surface area (TPSA) is 88.1 Å². The van der Waals surface area contributed by atoms with E-state index in [-0.39, 0.29) is 37.4 Å². The van der Waals surface area contributed by atoms with Gasteiger partial charge < -0.3 is 24.8 Å². The Morgan fingerprint density at radius 2 is 1.85 bits per heavy atom. The number of hydrogen-bond donors (Lipinski definition) is 2. The molecule has 3 aromatic carbocycles. The number of nitrogens with zero attached hydrogens (tertiary/aromatic N) is 1. The molecule has 0 bridgehead atoms. The van der Waals surface area contributed by atoms with Crippen LogP contribution in [0.25, 0.3) is 0 Å². The third-order valence-electron chi connectivity index (χ3n) is 5.73. The van der Waals surface area contributed by atoms with Crippen molar-refractivity contribution in [3.05, 3.63) is 95.3 Å². The number of anilines is 1. The van der Waals surface area contributed by atoms with Crippen LogP contribution in [0.4, 0.5) is 10.1 Å². The zero-order valence-corrected chi connectivity index (χ0v) is 18.6. The van der Waals surface area contributed by atoms with Gasteiger partial charge in [-0.05, 0) is 47.5 Å². The standard InChI is InChI=1S/C26H25FN2O5/c1-33-23-5-3-2-4-21(23)26(32)28-20-12-8-18(9-13-20)25(31)22-15-34-16-24(30)29(22)14-17-6-10-19(27)11-7-17/h2-13,22,25,31H,14-16H2,1H3,(H,28,32). The van der Waals surface area contributed by atoms with E-state index >= 15 is 0 Å². The van der Waals surface area contributed by atoms with Gasteiger partial charge in [0.2, 0.25) is 5.91 Å². The zero-order valence-electron chi connectivity index (χ0n) is 18.6. The molecule has 0 spiro atoms. The fourth-order valence-electron chi connectivity index (χ4n) is 3.89. The van der Waals surface area contributed by atoms with E-state index in [0.29, 0.717) is 22.6 Å². The molecule has 0 aliphatic carbocycles. The number of carbonyl (C=O) groups excluding carboxylic acids is 2. The molecule has 0 saturated carbocycles. The highest BCUT2D eigenvalue weighted by Crippen LogP contribution is 2.27. The maximum absolute atomic E-state index is 13.2. The highest BCUT2D eigenvalue weighted by Gasteiger charge is 2.34. The monoisotopic (exact) mass is 464 g/mol. The molecule has 1 fully saturated rings. The van der Waals surface area contributed by atoms with E-state index in [1.54, 1.807) is 65.6 Å². The van der Waals surface area contributed by atoms with Gasteiger partial charge in [-0.2, -0.15) is 0 Å². The second kappa shape index (κ2) is 10.5. The molecular formula is C26H25FN2O5. The second-order valence-electron chi connectivity index (χ2n) is 7.95. The summed E-state index contributed by atoms with van der Waals surface area (Å²) < 4.78 is 23.9. The van der Waals surface area contributed by atoms with Gasteiger partial charge in [-0.25, -0.2) is 4.39 Å². The summed E-state index contributed by atoms with van der Waals surface area (Å²) in [6.45, 7) is 0.329.